The predicted octanol–water partition coefficient (Wildman–Crippen LogP) is 2.22. The summed E-state index contributed by atoms with van der Waals surface area (Å²) in [6.45, 7) is -0.109. The van der Waals surface area contributed by atoms with Gasteiger partial charge in [-0.15, -0.1) is 0 Å². The average Bonchev–Trinajstić information content (AvgIpc) is 2.46. The third-order valence-corrected chi connectivity index (χ3v) is 2.69. The number of carbonyl (C=O) groups is 2. The largest absolute Gasteiger partial charge is 0.344 e. The van der Waals surface area contributed by atoms with Crippen molar-refractivity contribution in [2.75, 3.05) is 5.32 Å². The first-order valence-corrected chi connectivity index (χ1v) is 6.14. The molecule has 0 aliphatic heterocycles. The summed E-state index contributed by atoms with van der Waals surface area (Å²) in [5.41, 5.74) is 0.436. The number of amides is 2. The van der Waals surface area contributed by atoms with Crippen molar-refractivity contribution in [2.45, 2.75) is 6.54 Å². The fraction of sp³-hybridized carbons (Fsp3) is 0.0667. The SMILES string of the molecule is O=C(NCc1ccccc1F)C(=O)Nc1cccc(F)c1. The van der Waals surface area contributed by atoms with Crippen molar-refractivity contribution in [1.82, 2.24) is 5.32 Å². The minimum absolute atomic E-state index is 0.109. The van der Waals surface area contributed by atoms with E-state index in [2.05, 4.69) is 10.6 Å². The zero-order chi connectivity index (χ0) is 15.2. The molecular formula is C15H12F2N2O2. The first-order chi connectivity index (χ1) is 10.1. The maximum atomic E-state index is 13.3. The van der Waals surface area contributed by atoms with E-state index in [0.717, 1.165) is 6.07 Å². The summed E-state index contributed by atoms with van der Waals surface area (Å²) in [6, 6.07) is 11.1. The first kappa shape index (κ1) is 14.6. The number of nitrogens with one attached hydrogen (secondary N) is 2. The van der Waals surface area contributed by atoms with Crippen LogP contribution in [0.15, 0.2) is 48.5 Å². The smallest absolute Gasteiger partial charge is 0.313 e. The van der Waals surface area contributed by atoms with Crippen molar-refractivity contribution < 1.29 is 18.4 Å². The van der Waals surface area contributed by atoms with E-state index in [1.807, 2.05) is 0 Å². The lowest BCUT2D eigenvalue weighted by molar-refractivity contribution is -0.136. The lowest BCUT2D eigenvalue weighted by atomic mass is 10.2. The minimum atomic E-state index is -0.947. The second-order valence-electron chi connectivity index (χ2n) is 4.24. The summed E-state index contributed by atoms with van der Waals surface area (Å²) in [4.78, 5) is 23.2. The van der Waals surface area contributed by atoms with Crippen LogP contribution in [0.5, 0.6) is 0 Å². The molecule has 0 saturated heterocycles. The molecule has 0 radical (unpaired) electrons. The Bertz CT molecular complexity index is 674. The molecule has 0 bridgehead atoms. The van der Waals surface area contributed by atoms with Gasteiger partial charge in [0.1, 0.15) is 11.6 Å². The van der Waals surface area contributed by atoms with E-state index in [1.165, 1.54) is 36.4 Å². The fourth-order valence-electron chi connectivity index (χ4n) is 1.65. The van der Waals surface area contributed by atoms with Crippen molar-refractivity contribution in [1.29, 1.82) is 0 Å². The van der Waals surface area contributed by atoms with Gasteiger partial charge in [0.25, 0.3) is 0 Å². The van der Waals surface area contributed by atoms with E-state index in [-0.39, 0.29) is 17.8 Å². The molecule has 2 aromatic rings. The van der Waals surface area contributed by atoms with Gasteiger partial charge in [-0.1, -0.05) is 24.3 Å². The van der Waals surface area contributed by atoms with E-state index >= 15 is 0 Å². The summed E-state index contributed by atoms with van der Waals surface area (Å²) in [6.07, 6.45) is 0. The third-order valence-electron chi connectivity index (χ3n) is 2.69. The molecule has 0 spiro atoms. The summed E-state index contributed by atoms with van der Waals surface area (Å²) >= 11 is 0. The van der Waals surface area contributed by atoms with Crippen LogP contribution in [-0.2, 0) is 16.1 Å². The highest BCUT2D eigenvalue weighted by Gasteiger charge is 2.14. The summed E-state index contributed by atoms with van der Waals surface area (Å²) in [5, 5.41) is 4.54. The maximum Gasteiger partial charge on any atom is 0.313 e. The third kappa shape index (κ3) is 4.10. The predicted molar refractivity (Wildman–Crippen MR) is 73.3 cm³/mol. The van der Waals surface area contributed by atoms with Gasteiger partial charge in [0.2, 0.25) is 0 Å². The Morgan fingerprint density at radius 2 is 1.71 bits per heavy atom. The van der Waals surface area contributed by atoms with Gasteiger partial charge in [-0.05, 0) is 24.3 Å². The average molecular weight is 290 g/mol. The minimum Gasteiger partial charge on any atom is -0.344 e. The van der Waals surface area contributed by atoms with Gasteiger partial charge in [0, 0.05) is 17.8 Å². The molecule has 0 aromatic heterocycles. The molecule has 0 fully saturated rings. The summed E-state index contributed by atoms with van der Waals surface area (Å²) in [7, 11) is 0. The van der Waals surface area contributed by atoms with Crippen LogP contribution >= 0.6 is 0 Å². The molecule has 0 unspecified atom stereocenters. The maximum absolute atomic E-state index is 13.3. The molecule has 108 valence electrons. The highest BCUT2D eigenvalue weighted by Crippen LogP contribution is 2.09. The molecule has 0 aliphatic carbocycles. The Morgan fingerprint density at radius 1 is 0.952 bits per heavy atom. The Kier molecular flexibility index (Phi) is 4.61. The molecule has 4 nitrogen and oxygen atoms in total. The quantitative estimate of drug-likeness (QED) is 0.852. The molecule has 2 amide bonds. The lowest BCUT2D eigenvalue weighted by Gasteiger charge is -2.07. The number of anilines is 1. The molecule has 2 rings (SSSR count). The van der Waals surface area contributed by atoms with Gasteiger partial charge in [0.05, 0.1) is 0 Å². The Balaban J connectivity index is 1.91. The van der Waals surface area contributed by atoms with E-state index in [9.17, 15) is 18.4 Å². The first-order valence-electron chi connectivity index (χ1n) is 6.14. The normalized spacial score (nSPS) is 10.0. The molecule has 0 saturated carbocycles. The van der Waals surface area contributed by atoms with Crippen molar-refractivity contribution in [3.63, 3.8) is 0 Å². The summed E-state index contributed by atoms with van der Waals surface area (Å²) < 4.78 is 26.3. The Morgan fingerprint density at radius 3 is 2.43 bits per heavy atom. The van der Waals surface area contributed by atoms with Crippen LogP contribution in [-0.4, -0.2) is 11.8 Å². The standard InChI is InChI=1S/C15H12F2N2O2/c16-11-5-3-6-12(8-11)19-15(21)14(20)18-9-10-4-1-2-7-13(10)17/h1-8H,9H2,(H,18,20)(H,19,21). The zero-order valence-corrected chi connectivity index (χ0v) is 10.9. The highest BCUT2D eigenvalue weighted by atomic mass is 19.1. The van der Waals surface area contributed by atoms with Crippen molar-refractivity contribution in [3.05, 3.63) is 65.7 Å². The van der Waals surface area contributed by atoms with Crippen molar-refractivity contribution >= 4 is 17.5 Å². The number of hydrogen-bond donors (Lipinski definition) is 2. The van der Waals surface area contributed by atoms with E-state index < -0.39 is 23.4 Å². The number of hydrogen-bond acceptors (Lipinski definition) is 2. The lowest BCUT2D eigenvalue weighted by Crippen LogP contribution is -2.35. The molecule has 0 aliphatic rings. The van der Waals surface area contributed by atoms with Crippen LogP contribution in [0.25, 0.3) is 0 Å². The zero-order valence-electron chi connectivity index (χ0n) is 10.9. The van der Waals surface area contributed by atoms with Gasteiger partial charge < -0.3 is 10.6 Å². The molecule has 2 N–H and O–H groups in total. The second kappa shape index (κ2) is 6.60. The van der Waals surface area contributed by atoms with Gasteiger partial charge >= 0.3 is 11.8 Å². The van der Waals surface area contributed by atoms with Crippen LogP contribution in [0, 0.1) is 11.6 Å². The topological polar surface area (TPSA) is 58.2 Å². The van der Waals surface area contributed by atoms with E-state index in [4.69, 9.17) is 0 Å². The van der Waals surface area contributed by atoms with Crippen LogP contribution in [0.2, 0.25) is 0 Å². The highest BCUT2D eigenvalue weighted by molar-refractivity contribution is 6.39. The van der Waals surface area contributed by atoms with E-state index in [0.29, 0.717) is 0 Å². The van der Waals surface area contributed by atoms with Crippen LogP contribution < -0.4 is 10.6 Å². The molecule has 6 heteroatoms. The number of halogens is 2. The van der Waals surface area contributed by atoms with Crippen LogP contribution in [0.3, 0.4) is 0 Å². The fourth-order valence-corrected chi connectivity index (χ4v) is 1.65. The van der Waals surface area contributed by atoms with Gasteiger partial charge in [-0.3, -0.25) is 9.59 Å². The van der Waals surface area contributed by atoms with Gasteiger partial charge in [0.15, 0.2) is 0 Å². The molecule has 0 heterocycles. The number of rotatable bonds is 3. The Labute approximate surface area is 119 Å². The van der Waals surface area contributed by atoms with Crippen molar-refractivity contribution in [3.8, 4) is 0 Å². The van der Waals surface area contributed by atoms with Gasteiger partial charge in [-0.25, -0.2) is 8.78 Å². The van der Waals surface area contributed by atoms with Crippen LogP contribution in [0.4, 0.5) is 14.5 Å². The molecular weight excluding hydrogens is 278 g/mol. The molecule has 21 heavy (non-hydrogen) atoms. The van der Waals surface area contributed by atoms with Crippen LogP contribution in [0.1, 0.15) is 5.56 Å². The second-order valence-corrected chi connectivity index (χ2v) is 4.24. The number of carbonyl (C=O) groups excluding carboxylic acids is 2. The van der Waals surface area contributed by atoms with Gasteiger partial charge in [-0.2, -0.15) is 0 Å². The number of benzene rings is 2. The summed E-state index contributed by atoms with van der Waals surface area (Å²) in [5.74, 6) is -2.87. The molecule has 2 aromatic carbocycles. The monoisotopic (exact) mass is 290 g/mol. The molecule has 0 atom stereocenters. The van der Waals surface area contributed by atoms with Crippen molar-refractivity contribution in [2.24, 2.45) is 0 Å². The van der Waals surface area contributed by atoms with E-state index in [1.54, 1.807) is 6.07 Å². The Hall–Kier alpha value is -2.76.